The molecule has 0 unspecified atom stereocenters. The predicted octanol–water partition coefficient (Wildman–Crippen LogP) is 6.13. The van der Waals surface area contributed by atoms with Gasteiger partial charge in [-0.25, -0.2) is 0 Å². The number of ether oxygens (including phenoxy) is 1. The Kier molecular flexibility index (Phi) is 3.83. The Bertz CT molecular complexity index is 1060. The molecule has 1 atom stereocenters. The van der Waals surface area contributed by atoms with E-state index in [4.69, 9.17) is 4.74 Å². The second-order valence-corrected chi connectivity index (χ2v) is 8.27. The maximum atomic E-state index is 5.47. The number of hydrogen-bond donors (Lipinski definition) is 0. The summed E-state index contributed by atoms with van der Waals surface area (Å²) < 4.78 is 5.47. The summed E-state index contributed by atoms with van der Waals surface area (Å²) in [6.45, 7) is 5.66. The Morgan fingerprint density at radius 2 is 1.68 bits per heavy atom. The zero-order valence-corrected chi connectivity index (χ0v) is 16.6. The molecule has 28 heavy (non-hydrogen) atoms. The molecule has 0 aromatic heterocycles. The summed E-state index contributed by atoms with van der Waals surface area (Å²) in [5.74, 6) is 1.26. The molecule has 0 spiro atoms. The molecule has 0 N–H and O–H groups in total. The molecular weight excluding hydrogens is 342 g/mol. The lowest BCUT2D eigenvalue weighted by atomic mass is 9.72. The maximum absolute atomic E-state index is 5.47. The number of benzene rings is 3. The van der Waals surface area contributed by atoms with Crippen molar-refractivity contribution >= 4 is 17.3 Å². The standard InChI is InChI=1S/C26H25NO/c1-26(2)25-21-14-13-20(28-3)15-19(21)16-23(25)22-11-7-8-12-24(22)27(26)17-18-9-5-4-6-10-18/h4-16,25H,17H2,1-3H3/t25-/m1/s1. The fourth-order valence-electron chi connectivity index (χ4n) is 4.95. The van der Waals surface area contributed by atoms with E-state index < -0.39 is 0 Å². The van der Waals surface area contributed by atoms with Crippen LogP contribution in [-0.2, 0) is 6.54 Å². The molecule has 3 aromatic rings. The van der Waals surface area contributed by atoms with Crippen LogP contribution in [0.2, 0.25) is 0 Å². The van der Waals surface area contributed by atoms with Crippen molar-refractivity contribution in [1.82, 2.24) is 0 Å². The number of methoxy groups -OCH3 is 1. The zero-order chi connectivity index (χ0) is 19.3. The molecule has 1 aliphatic carbocycles. The van der Waals surface area contributed by atoms with Gasteiger partial charge in [-0.3, -0.25) is 0 Å². The van der Waals surface area contributed by atoms with Gasteiger partial charge in [-0.15, -0.1) is 0 Å². The zero-order valence-electron chi connectivity index (χ0n) is 16.6. The molecule has 0 bridgehead atoms. The molecule has 3 aromatic carbocycles. The summed E-state index contributed by atoms with van der Waals surface area (Å²) in [6.07, 6.45) is 2.36. The summed E-state index contributed by atoms with van der Waals surface area (Å²) in [6, 6.07) is 26.1. The van der Waals surface area contributed by atoms with Gasteiger partial charge in [0.05, 0.1) is 7.11 Å². The third-order valence-electron chi connectivity index (χ3n) is 6.32. The highest BCUT2D eigenvalue weighted by Crippen LogP contribution is 2.56. The Labute approximate surface area is 167 Å². The van der Waals surface area contributed by atoms with Gasteiger partial charge in [-0.05, 0) is 60.4 Å². The molecule has 0 radical (unpaired) electrons. The van der Waals surface area contributed by atoms with Crippen LogP contribution in [0, 0.1) is 0 Å². The van der Waals surface area contributed by atoms with Crippen LogP contribution in [0.4, 0.5) is 5.69 Å². The lowest BCUT2D eigenvalue weighted by Gasteiger charge is -2.50. The first-order chi connectivity index (χ1) is 13.6. The molecule has 140 valence electrons. The summed E-state index contributed by atoms with van der Waals surface area (Å²) in [5.41, 5.74) is 8.06. The lowest BCUT2D eigenvalue weighted by molar-refractivity contribution is 0.409. The minimum absolute atomic E-state index is 0.0458. The average molecular weight is 367 g/mol. The van der Waals surface area contributed by atoms with Crippen molar-refractivity contribution in [1.29, 1.82) is 0 Å². The Balaban J connectivity index is 1.68. The van der Waals surface area contributed by atoms with Gasteiger partial charge in [-0.1, -0.05) is 54.6 Å². The third-order valence-corrected chi connectivity index (χ3v) is 6.32. The van der Waals surface area contributed by atoms with Crippen molar-refractivity contribution in [3.05, 3.63) is 95.1 Å². The largest absolute Gasteiger partial charge is 0.497 e. The second kappa shape index (κ2) is 6.27. The van der Waals surface area contributed by atoms with E-state index in [0.29, 0.717) is 5.92 Å². The Morgan fingerprint density at radius 3 is 2.46 bits per heavy atom. The van der Waals surface area contributed by atoms with Gasteiger partial charge in [-0.2, -0.15) is 0 Å². The normalized spacial score (nSPS) is 18.8. The highest BCUT2D eigenvalue weighted by atomic mass is 16.5. The van der Waals surface area contributed by atoms with Crippen molar-refractivity contribution in [3.8, 4) is 5.75 Å². The summed E-state index contributed by atoms with van der Waals surface area (Å²) in [4.78, 5) is 2.58. The Hall–Kier alpha value is -3.00. The second-order valence-electron chi connectivity index (χ2n) is 8.27. The first-order valence-corrected chi connectivity index (χ1v) is 9.90. The van der Waals surface area contributed by atoms with Crippen LogP contribution in [0.1, 0.15) is 42.0 Å². The summed E-state index contributed by atoms with van der Waals surface area (Å²) in [7, 11) is 1.73. The first kappa shape index (κ1) is 17.1. The highest BCUT2D eigenvalue weighted by Gasteiger charge is 2.47. The van der Waals surface area contributed by atoms with Crippen LogP contribution in [0.25, 0.3) is 11.6 Å². The molecule has 0 saturated carbocycles. The monoisotopic (exact) mass is 367 g/mol. The van der Waals surface area contributed by atoms with Gasteiger partial charge in [0.1, 0.15) is 5.75 Å². The smallest absolute Gasteiger partial charge is 0.119 e. The molecule has 2 aliphatic rings. The van der Waals surface area contributed by atoms with E-state index in [-0.39, 0.29) is 5.54 Å². The topological polar surface area (TPSA) is 12.5 Å². The first-order valence-electron chi connectivity index (χ1n) is 9.90. The fraction of sp³-hybridized carbons (Fsp3) is 0.231. The van der Waals surface area contributed by atoms with E-state index >= 15 is 0 Å². The lowest BCUT2D eigenvalue weighted by Crippen LogP contribution is -2.51. The number of para-hydroxylation sites is 1. The molecule has 0 amide bonds. The average Bonchev–Trinajstić information content (AvgIpc) is 3.12. The van der Waals surface area contributed by atoms with Crippen LogP contribution < -0.4 is 9.64 Å². The van der Waals surface area contributed by atoms with Gasteiger partial charge >= 0.3 is 0 Å². The van der Waals surface area contributed by atoms with Crippen LogP contribution in [0.15, 0.2) is 72.8 Å². The Morgan fingerprint density at radius 1 is 0.929 bits per heavy atom. The van der Waals surface area contributed by atoms with Crippen molar-refractivity contribution < 1.29 is 4.74 Å². The predicted molar refractivity (Wildman–Crippen MR) is 117 cm³/mol. The van der Waals surface area contributed by atoms with Crippen LogP contribution >= 0.6 is 0 Å². The molecule has 1 aliphatic heterocycles. The number of fused-ring (bicyclic) bond motifs is 5. The molecule has 1 heterocycles. The molecule has 0 saturated heterocycles. The van der Waals surface area contributed by atoms with E-state index in [1.54, 1.807) is 7.11 Å². The van der Waals surface area contributed by atoms with Crippen molar-refractivity contribution in [2.24, 2.45) is 0 Å². The van der Waals surface area contributed by atoms with Crippen LogP contribution in [-0.4, -0.2) is 12.6 Å². The fourth-order valence-corrected chi connectivity index (χ4v) is 4.95. The quantitative estimate of drug-likeness (QED) is 0.552. The molecule has 5 rings (SSSR count). The minimum Gasteiger partial charge on any atom is -0.497 e. The van der Waals surface area contributed by atoms with Crippen molar-refractivity contribution in [2.75, 3.05) is 12.0 Å². The van der Waals surface area contributed by atoms with Gasteiger partial charge in [0.2, 0.25) is 0 Å². The summed E-state index contributed by atoms with van der Waals surface area (Å²) >= 11 is 0. The maximum Gasteiger partial charge on any atom is 0.119 e. The van der Waals surface area contributed by atoms with Crippen molar-refractivity contribution in [3.63, 3.8) is 0 Å². The van der Waals surface area contributed by atoms with E-state index in [0.717, 1.165) is 12.3 Å². The van der Waals surface area contributed by atoms with Crippen molar-refractivity contribution in [2.45, 2.75) is 31.8 Å². The molecule has 2 nitrogen and oxygen atoms in total. The molecule has 2 heteroatoms. The summed E-state index contributed by atoms with van der Waals surface area (Å²) in [5, 5.41) is 0. The SMILES string of the molecule is COc1ccc2c(c1)C=C1c3ccccc3N(Cc3ccccc3)C(C)(C)[C@@H]12. The van der Waals surface area contributed by atoms with E-state index in [1.807, 2.05) is 0 Å². The molecule has 0 fully saturated rings. The number of nitrogens with zero attached hydrogens (tertiary/aromatic N) is 1. The third kappa shape index (κ3) is 2.48. The van der Waals surface area contributed by atoms with Crippen LogP contribution in [0.5, 0.6) is 5.75 Å². The van der Waals surface area contributed by atoms with E-state index in [9.17, 15) is 0 Å². The number of rotatable bonds is 3. The van der Waals surface area contributed by atoms with Gasteiger partial charge in [0.25, 0.3) is 0 Å². The molecular formula is C26H25NO. The highest BCUT2D eigenvalue weighted by molar-refractivity contribution is 5.98. The van der Waals surface area contributed by atoms with Gasteiger partial charge in [0, 0.05) is 29.3 Å². The number of hydrogen-bond acceptors (Lipinski definition) is 2. The number of anilines is 1. The minimum atomic E-state index is -0.0458. The van der Waals surface area contributed by atoms with E-state index in [1.165, 1.54) is 33.5 Å². The van der Waals surface area contributed by atoms with Gasteiger partial charge < -0.3 is 9.64 Å². The van der Waals surface area contributed by atoms with E-state index in [2.05, 4.69) is 97.6 Å². The van der Waals surface area contributed by atoms with Gasteiger partial charge in [0.15, 0.2) is 0 Å². The van der Waals surface area contributed by atoms with Crippen LogP contribution in [0.3, 0.4) is 0 Å².